The van der Waals surface area contributed by atoms with E-state index in [2.05, 4.69) is 0 Å². The number of allylic oxidation sites excluding steroid dienone is 2. The van der Waals surface area contributed by atoms with E-state index in [1.165, 1.54) is 12.1 Å². The van der Waals surface area contributed by atoms with Gasteiger partial charge in [0.1, 0.15) is 23.2 Å². The highest BCUT2D eigenvalue weighted by Crippen LogP contribution is 2.49. The molecule has 1 aromatic heterocycles. The van der Waals surface area contributed by atoms with E-state index in [4.69, 9.17) is 0 Å². The Morgan fingerprint density at radius 3 is 2.00 bits per heavy atom. The molecule has 0 amide bonds. The van der Waals surface area contributed by atoms with Crippen LogP contribution in [0.4, 0.5) is 0 Å². The van der Waals surface area contributed by atoms with E-state index in [-0.39, 0.29) is 34.2 Å². The molecular formula is C18H19NO4. The molecule has 5 nitrogen and oxygen atoms in total. The van der Waals surface area contributed by atoms with Gasteiger partial charge in [0.15, 0.2) is 5.78 Å². The number of rotatable bonds is 2. The molecule has 1 unspecified atom stereocenters. The van der Waals surface area contributed by atoms with Crippen LogP contribution in [0.5, 0.6) is 11.5 Å². The molecule has 1 aromatic carbocycles. The van der Waals surface area contributed by atoms with Crippen molar-refractivity contribution in [3.8, 4) is 11.5 Å². The topological polar surface area (TPSA) is 82.7 Å². The number of Topliss-reactive ketones (excluding diaryl/α,β-unsaturated/α-hetero) is 1. The zero-order chi connectivity index (χ0) is 17.0. The molecule has 5 heteroatoms. The van der Waals surface area contributed by atoms with Crippen molar-refractivity contribution in [1.29, 1.82) is 0 Å². The highest BCUT2D eigenvalue weighted by molar-refractivity contribution is 6.33. The Hall–Kier alpha value is -2.69. The Bertz CT molecular complexity index is 850. The number of aromatic nitrogens is 1. The SMILES string of the molecule is Cc1cc(O)c(C2=C(O)C(c3cc(C)n(C)c3C)C2=O)c(O)c1. The number of aliphatic hydroxyl groups excluding tert-OH is 1. The third-order valence-electron chi connectivity index (χ3n) is 4.65. The van der Waals surface area contributed by atoms with Gasteiger partial charge in [0.2, 0.25) is 0 Å². The largest absolute Gasteiger partial charge is 0.510 e. The summed E-state index contributed by atoms with van der Waals surface area (Å²) in [5.41, 5.74) is 3.31. The normalized spacial score (nSPS) is 17.6. The fourth-order valence-corrected chi connectivity index (χ4v) is 3.18. The summed E-state index contributed by atoms with van der Waals surface area (Å²) in [5.74, 6) is -1.57. The van der Waals surface area contributed by atoms with Crippen molar-refractivity contribution in [2.24, 2.45) is 7.05 Å². The lowest BCUT2D eigenvalue weighted by Crippen LogP contribution is -2.29. The first-order valence-electron chi connectivity index (χ1n) is 7.37. The highest BCUT2D eigenvalue weighted by atomic mass is 16.3. The Kier molecular flexibility index (Phi) is 3.25. The summed E-state index contributed by atoms with van der Waals surface area (Å²) in [5, 5.41) is 30.5. The number of aromatic hydroxyl groups is 2. The maximum Gasteiger partial charge on any atom is 0.182 e. The third-order valence-corrected chi connectivity index (χ3v) is 4.65. The quantitative estimate of drug-likeness (QED) is 0.796. The Morgan fingerprint density at radius 1 is 1.00 bits per heavy atom. The van der Waals surface area contributed by atoms with Crippen LogP contribution in [0.3, 0.4) is 0 Å². The van der Waals surface area contributed by atoms with Crippen molar-refractivity contribution in [2.75, 3.05) is 0 Å². The number of hydrogen-bond acceptors (Lipinski definition) is 4. The second-order valence-corrected chi connectivity index (χ2v) is 6.12. The van der Waals surface area contributed by atoms with Gasteiger partial charge in [-0.15, -0.1) is 0 Å². The van der Waals surface area contributed by atoms with Gasteiger partial charge in [0.25, 0.3) is 0 Å². The molecule has 3 rings (SSSR count). The lowest BCUT2D eigenvalue weighted by Gasteiger charge is -2.29. The Balaban J connectivity index is 2.12. The van der Waals surface area contributed by atoms with Gasteiger partial charge in [-0.2, -0.15) is 0 Å². The molecule has 0 spiro atoms. The number of carbonyl (C=O) groups excluding carboxylic acids is 1. The number of hydrogen-bond donors (Lipinski definition) is 3. The zero-order valence-electron chi connectivity index (χ0n) is 13.5. The molecule has 0 radical (unpaired) electrons. The molecule has 2 aromatic rings. The number of benzene rings is 1. The summed E-state index contributed by atoms with van der Waals surface area (Å²) < 4.78 is 1.95. The van der Waals surface area contributed by atoms with Crippen LogP contribution in [0.15, 0.2) is 24.0 Å². The molecule has 0 saturated heterocycles. The predicted molar refractivity (Wildman–Crippen MR) is 86.7 cm³/mol. The van der Waals surface area contributed by atoms with Crippen LogP contribution >= 0.6 is 0 Å². The summed E-state index contributed by atoms with van der Waals surface area (Å²) in [6.45, 7) is 5.54. The molecule has 0 bridgehead atoms. The van der Waals surface area contributed by atoms with Crippen LogP contribution in [0.25, 0.3) is 5.57 Å². The van der Waals surface area contributed by atoms with Crippen LogP contribution < -0.4 is 0 Å². The molecule has 3 N–H and O–H groups in total. The fourth-order valence-electron chi connectivity index (χ4n) is 3.18. The van der Waals surface area contributed by atoms with Gasteiger partial charge in [-0.25, -0.2) is 0 Å². The second-order valence-electron chi connectivity index (χ2n) is 6.12. The monoisotopic (exact) mass is 313 g/mol. The fraction of sp³-hybridized carbons (Fsp3) is 0.278. The van der Waals surface area contributed by atoms with Gasteiger partial charge in [-0.3, -0.25) is 4.79 Å². The Labute approximate surface area is 134 Å². The molecule has 23 heavy (non-hydrogen) atoms. The van der Waals surface area contributed by atoms with E-state index >= 15 is 0 Å². The van der Waals surface area contributed by atoms with Gasteiger partial charge >= 0.3 is 0 Å². The number of nitrogens with zero attached hydrogens (tertiary/aromatic N) is 1. The van der Waals surface area contributed by atoms with E-state index in [0.29, 0.717) is 5.56 Å². The summed E-state index contributed by atoms with van der Waals surface area (Å²) in [7, 11) is 1.90. The molecule has 1 aliphatic rings. The van der Waals surface area contributed by atoms with Crippen LogP contribution in [-0.4, -0.2) is 25.7 Å². The van der Waals surface area contributed by atoms with Gasteiger partial charge in [-0.1, -0.05) is 0 Å². The van der Waals surface area contributed by atoms with Crippen LogP contribution in [0.1, 0.15) is 34.0 Å². The van der Waals surface area contributed by atoms with E-state index in [0.717, 1.165) is 17.0 Å². The lowest BCUT2D eigenvalue weighted by atomic mass is 9.74. The maximum absolute atomic E-state index is 12.6. The molecule has 120 valence electrons. The van der Waals surface area contributed by atoms with Gasteiger partial charge in [0.05, 0.1) is 11.1 Å². The average Bonchev–Trinajstić information content (AvgIpc) is 2.70. The first-order chi connectivity index (χ1) is 10.7. The standard InChI is InChI=1S/C18H19NO4/c1-8-5-12(20)15(13(21)6-8)16-17(22)14(18(16)23)11-7-9(2)19(4)10(11)3/h5-7,14,20-22H,1-4H3. The summed E-state index contributed by atoms with van der Waals surface area (Å²) >= 11 is 0. The van der Waals surface area contributed by atoms with Crippen molar-refractivity contribution < 1.29 is 20.1 Å². The van der Waals surface area contributed by atoms with Gasteiger partial charge in [-0.05, 0) is 50.1 Å². The second kappa shape index (κ2) is 4.91. The van der Waals surface area contributed by atoms with E-state index in [1.54, 1.807) is 6.92 Å². The number of carbonyl (C=O) groups is 1. The third kappa shape index (κ3) is 2.04. The minimum Gasteiger partial charge on any atom is -0.510 e. The highest BCUT2D eigenvalue weighted by Gasteiger charge is 2.44. The van der Waals surface area contributed by atoms with Crippen molar-refractivity contribution in [3.63, 3.8) is 0 Å². The van der Waals surface area contributed by atoms with E-state index in [9.17, 15) is 20.1 Å². The number of phenols is 2. The van der Waals surface area contributed by atoms with Crippen molar-refractivity contribution in [3.05, 3.63) is 52.0 Å². The minimum absolute atomic E-state index is 0.000318. The predicted octanol–water partition coefficient (Wildman–Crippen LogP) is 3.00. The van der Waals surface area contributed by atoms with E-state index < -0.39 is 5.92 Å². The molecule has 1 aliphatic carbocycles. The Morgan fingerprint density at radius 2 is 1.57 bits per heavy atom. The number of aliphatic hydroxyl groups is 1. The molecule has 1 atom stereocenters. The van der Waals surface area contributed by atoms with Gasteiger partial charge in [0, 0.05) is 18.4 Å². The lowest BCUT2D eigenvalue weighted by molar-refractivity contribution is -0.116. The smallest absolute Gasteiger partial charge is 0.182 e. The molecule has 0 aliphatic heterocycles. The first-order valence-corrected chi connectivity index (χ1v) is 7.37. The van der Waals surface area contributed by atoms with E-state index in [1.807, 2.05) is 31.5 Å². The summed E-state index contributed by atoms with van der Waals surface area (Å²) in [4.78, 5) is 12.6. The first kappa shape index (κ1) is 15.2. The molecular weight excluding hydrogens is 294 g/mol. The summed E-state index contributed by atoms with van der Waals surface area (Å²) in [6.07, 6.45) is 0. The van der Waals surface area contributed by atoms with Crippen molar-refractivity contribution >= 4 is 11.4 Å². The van der Waals surface area contributed by atoms with Crippen molar-refractivity contribution in [1.82, 2.24) is 4.57 Å². The molecule has 0 saturated carbocycles. The van der Waals surface area contributed by atoms with Crippen molar-refractivity contribution in [2.45, 2.75) is 26.7 Å². The zero-order valence-corrected chi connectivity index (χ0v) is 13.5. The maximum atomic E-state index is 12.6. The minimum atomic E-state index is -0.731. The number of phenolic OH excluding ortho intramolecular Hbond substituents is 2. The van der Waals surface area contributed by atoms with Crippen LogP contribution in [0.2, 0.25) is 0 Å². The van der Waals surface area contributed by atoms with Crippen LogP contribution in [0, 0.1) is 20.8 Å². The summed E-state index contributed by atoms with van der Waals surface area (Å²) in [6, 6.07) is 4.78. The average molecular weight is 313 g/mol. The van der Waals surface area contributed by atoms with Crippen LogP contribution in [-0.2, 0) is 11.8 Å². The molecule has 0 fully saturated rings. The number of ketones is 1. The number of aryl methyl sites for hydroxylation is 2. The van der Waals surface area contributed by atoms with Gasteiger partial charge < -0.3 is 19.9 Å². The molecule has 1 heterocycles.